The molecule has 1 aliphatic carbocycles. The number of aliphatic hydroxyl groups is 1. The number of hydrogen-bond donors (Lipinski definition) is 2. The van der Waals surface area contributed by atoms with Gasteiger partial charge in [0.05, 0.1) is 24.9 Å². The van der Waals surface area contributed by atoms with E-state index in [4.69, 9.17) is 4.74 Å². The number of carboxylic acids is 1. The Kier molecular flexibility index (Phi) is 7.24. The number of hydrogen-bond acceptors (Lipinski definition) is 3. The second-order valence-corrected chi connectivity index (χ2v) is 7.91. The molecule has 4 nitrogen and oxygen atoms in total. The second-order valence-electron chi connectivity index (χ2n) is 7.91. The molecule has 1 saturated carbocycles. The van der Waals surface area contributed by atoms with Gasteiger partial charge in [0.15, 0.2) is 0 Å². The highest BCUT2D eigenvalue weighted by Crippen LogP contribution is 2.29. The average Bonchev–Trinajstić information content (AvgIpc) is 2.69. The van der Waals surface area contributed by atoms with E-state index < -0.39 is 12.1 Å². The number of aliphatic hydroxyl groups excluding tert-OH is 1. The Hall–Kier alpha value is -2.17. The van der Waals surface area contributed by atoms with E-state index in [9.17, 15) is 15.0 Å². The van der Waals surface area contributed by atoms with Crippen molar-refractivity contribution >= 4 is 5.97 Å². The normalized spacial score (nSPS) is 16.1. The molecule has 150 valence electrons. The van der Waals surface area contributed by atoms with Crippen LogP contribution < -0.4 is 0 Å². The molecule has 0 amide bonds. The minimum absolute atomic E-state index is 0.287. The van der Waals surface area contributed by atoms with Gasteiger partial charge >= 0.3 is 5.97 Å². The molecule has 0 heterocycles. The van der Waals surface area contributed by atoms with Crippen LogP contribution in [0.2, 0.25) is 0 Å². The number of ether oxygens (including phenoxy) is 1. The first kappa shape index (κ1) is 20.6. The molecule has 1 atom stereocenters. The van der Waals surface area contributed by atoms with Crippen molar-refractivity contribution in [1.82, 2.24) is 0 Å². The van der Waals surface area contributed by atoms with E-state index in [1.54, 1.807) is 12.1 Å². The molecule has 0 radical (unpaired) electrons. The zero-order valence-corrected chi connectivity index (χ0v) is 16.6. The Bertz CT molecular complexity index is 793. The van der Waals surface area contributed by atoms with Crippen LogP contribution in [0.1, 0.15) is 60.0 Å². The molecule has 0 bridgehead atoms. The lowest BCUT2D eigenvalue weighted by Crippen LogP contribution is -2.21. The highest BCUT2D eigenvalue weighted by Gasteiger charge is 2.18. The molecule has 3 rings (SSSR count). The van der Waals surface area contributed by atoms with Crippen molar-refractivity contribution in [3.63, 3.8) is 0 Å². The van der Waals surface area contributed by atoms with E-state index in [-0.39, 0.29) is 5.56 Å². The van der Waals surface area contributed by atoms with Crippen molar-refractivity contribution in [2.75, 3.05) is 6.61 Å². The van der Waals surface area contributed by atoms with E-state index in [0.717, 1.165) is 23.1 Å². The van der Waals surface area contributed by atoms with E-state index in [0.29, 0.717) is 24.7 Å². The van der Waals surface area contributed by atoms with Crippen LogP contribution >= 0.6 is 0 Å². The highest BCUT2D eigenvalue weighted by molar-refractivity contribution is 5.96. The number of aromatic carboxylic acids is 1. The van der Waals surface area contributed by atoms with Gasteiger partial charge in [-0.1, -0.05) is 62.4 Å². The molecule has 0 aliphatic heterocycles. The third-order valence-electron chi connectivity index (χ3n) is 5.66. The van der Waals surface area contributed by atoms with E-state index >= 15 is 0 Å². The summed E-state index contributed by atoms with van der Waals surface area (Å²) in [5, 5.41) is 19.8. The predicted octanol–water partition coefficient (Wildman–Crippen LogP) is 5.21. The lowest BCUT2D eigenvalue weighted by atomic mass is 9.85. The fourth-order valence-corrected chi connectivity index (χ4v) is 4.15. The van der Waals surface area contributed by atoms with Crippen LogP contribution in [0.15, 0.2) is 42.5 Å². The molecule has 2 N–H and O–H groups in total. The molecular weight excluding hydrogens is 352 g/mol. The Morgan fingerprint density at radius 2 is 1.86 bits per heavy atom. The summed E-state index contributed by atoms with van der Waals surface area (Å²) in [5.41, 5.74) is 3.85. The zero-order chi connectivity index (χ0) is 19.9. The molecule has 1 fully saturated rings. The van der Waals surface area contributed by atoms with E-state index in [2.05, 4.69) is 0 Å². The molecule has 0 unspecified atom stereocenters. The first-order chi connectivity index (χ1) is 13.5. The third kappa shape index (κ3) is 5.43. The van der Waals surface area contributed by atoms with Crippen LogP contribution in [0.25, 0.3) is 11.1 Å². The Morgan fingerprint density at radius 3 is 2.57 bits per heavy atom. The van der Waals surface area contributed by atoms with Gasteiger partial charge in [0, 0.05) is 0 Å². The van der Waals surface area contributed by atoms with Gasteiger partial charge in [0.2, 0.25) is 0 Å². The number of rotatable bonds is 8. The van der Waals surface area contributed by atoms with Crippen LogP contribution in [-0.2, 0) is 11.3 Å². The van der Waals surface area contributed by atoms with Gasteiger partial charge < -0.3 is 14.9 Å². The van der Waals surface area contributed by atoms with Gasteiger partial charge in [-0.25, -0.2) is 4.79 Å². The van der Waals surface area contributed by atoms with Crippen LogP contribution in [0.5, 0.6) is 0 Å². The number of aryl methyl sites for hydroxylation is 1. The van der Waals surface area contributed by atoms with E-state index in [1.807, 2.05) is 37.3 Å². The summed E-state index contributed by atoms with van der Waals surface area (Å²) in [5.74, 6) is -0.316. The lowest BCUT2D eigenvalue weighted by molar-refractivity contribution is 0.0137. The zero-order valence-electron chi connectivity index (χ0n) is 16.6. The molecule has 0 spiro atoms. The first-order valence-electron chi connectivity index (χ1n) is 10.2. The molecule has 0 saturated heterocycles. The Balaban J connectivity index is 1.63. The highest BCUT2D eigenvalue weighted by atomic mass is 16.5. The van der Waals surface area contributed by atoms with Crippen molar-refractivity contribution in [3.05, 3.63) is 59.2 Å². The third-order valence-corrected chi connectivity index (χ3v) is 5.66. The maximum Gasteiger partial charge on any atom is 0.336 e. The van der Waals surface area contributed by atoms with Gasteiger partial charge in [-0.05, 0) is 53.6 Å². The topological polar surface area (TPSA) is 66.8 Å². The Labute approximate surface area is 167 Å². The molecular formula is C24H30O4. The van der Waals surface area contributed by atoms with E-state index in [1.165, 1.54) is 32.1 Å². The molecule has 4 heteroatoms. The second kappa shape index (κ2) is 9.85. The summed E-state index contributed by atoms with van der Waals surface area (Å²) < 4.78 is 5.75. The fraction of sp³-hybridized carbons (Fsp3) is 0.458. The molecule has 2 aromatic carbocycles. The van der Waals surface area contributed by atoms with Gasteiger partial charge in [0.1, 0.15) is 0 Å². The SMILES string of the molecule is Cc1ccccc1-c1cc(COC[C@@H](O)CC2CCCCC2)ccc1C(=O)O. The minimum atomic E-state index is -0.936. The monoisotopic (exact) mass is 382 g/mol. The lowest BCUT2D eigenvalue weighted by Gasteiger charge is -2.24. The standard InChI is InChI=1S/C24H30O4/c1-17-7-5-6-10-21(17)23-14-19(11-12-22(23)24(26)27)15-28-16-20(25)13-18-8-3-2-4-9-18/h5-7,10-12,14,18,20,25H,2-4,8-9,13,15-16H2,1H3,(H,26,27)/t20-/m0/s1. The number of carbonyl (C=O) groups is 1. The van der Waals surface area contributed by atoms with Crippen molar-refractivity contribution in [3.8, 4) is 11.1 Å². The maximum atomic E-state index is 11.6. The number of carboxylic acid groups (broad SMARTS) is 1. The van der Waals surface area contributed by atoms with Gasteiger partial charge in [-0.2, -0.15) is 0 Å². The summed E-state index contributed by atoms with van der Waals surface area (Å²) >= 11 is 0. The summed E-state index contributed by atoms with van der Waals surface area (Å²) in [6.07, 6.45) is 6.68. The van der Waals surface area contributed by atoms with Crippen molar-refractivity contribution in [2.45, 2.75) is 58.2 Å². The summed E-state index contributed by atoms with van der Waals surface area (Å²) in [6.45, 7) is 2.66. The average molecular weight is 383 g/mol. The maximum absolute atomic E-state index is 11.6. The van der Waals surface area contributed by atoms with Gasteiger partial charge in [-0.3, -0.25) is 0 Å². The molecule has 1 aliphatic rings. The van der Waals surface area contributed by atoms with Crippen LogP contribution in [0.4, 0.5) is 0 Å². The predicted molar refractivity (Wildman–Crippen MR) is 110 cm³/mol. The first-order valence-corrected chi connectivity index (χ1v) is 10.2. The molecule has 0 aromatic heterocycles. The molecule has 28 heavy (non-hydrogen) atoms. The largest absolute Gasteiger partial charge is 0.478 e. The van der Waals surface area contributed by atoms with Gasteiger partial charge in [-0.15, -0.1) is 0 Å². The van der Waals surface area contributed by atoms with Crippen LogP contribution in [0.3, 0.4) is 0 Å². The van der Waals surface area contributed by atoms with Crippen molar-refractivity contribution < 1.29 is 19.7 Å². The smallest absolute Gasteiger partial charge is 0.336 e. The summed E-state index contributed by atoms with van der Waals surface area (Å²) in [4.78, 5) is 11.6. The molecule has 2 aromatic rings. The Morgan fingerprint density at radius 1 is 1.11 bits per heavy atom. The van der Waals surface area contributed by atoms with Crippen molar-refractivity contribution in [1.29, 1.82) is 0 Å². The van der Waals surface area contributed by atoms with Crippen molar-refractivity contribution in [2.24, 2.45) is 5.92 Å². The summed E-state index contributed by atoms with van der Waals surface area (Å²) in [7, 11) is 0. The van der Waals surface area contributed by atoms with Gasteiger partial charge in [0.25, 0.3) is 0 Å². The minimum Gasteiger partial charge on any atom is -0.478 e. The summed E-state index contributed by atoms with van der Waals surface area (Å²) in [6, 6.07) is 13.1. The van der Waals surface area contributed by atoms with Crippen LogP contribution in [0, 0.1) is 12.8 Å². The van der Waals surface area contributed by atoms with Crippen LogP contribution in [-0.4, -0.2) is 28.9 Å². The quantitative estimate of drug-likeness (QED) is 0.658. The fourth-order valence-electron chi connectivity index (χ4n) is 4.15. The number of benzene rings is 2.